The number of rotatable bonds is 15. The molecule has 0 radical (unpaired) electrons. The van der Waals surface area contributed by atoms with E-state index < -0.39 is 0 Å². The van der Waals surface area contributed by atoms with E-state index in [1.54, 1.807) is 0 Å². The van der Waals surface area contributed by atoms with Crippen LogP contribution in [0.25, 0.3) is 0 Å². The number of hydrogen-bond donors (Lipinski definition) is 0. The fraction of sp³-hybridized carbons (Fsp3) is 0.326. The molecule has 5 rings (SSSR count). The molecule has 0 aliphatic rings. The molecule has 2 atom stereocenters. The first-order chi connectivity index (χ1) is 24.1. The van der Waals surface area contributed by atoms with Crippen LogP contribution in [0.1, 0.15) is 89.1 Å². The molecule has 0 N–H and O–H groups in total. The number of carbonyl (C=O) groups is 1. The maximum Gasteiger partial charge on any atom is 0.254 e. The van der Waals surface area contributed by atoms with Crippen LogP contribution in [0.4, 0.5) is 0 Å². The molecular weight excluding hydrogens is 611 g/mol. The molecule has 0 aromatic heterocycles. The second-order valence-corrected chi connectivity index (χ2v) is 14.4. The number of nitrogens with zero attached hydrogens (tertiary/aromatic N) is 3. The van der Waals surface area contributed by atoms with Crippen LogP contribution in [-0.2, 0) is 25.9 Å². The predicted molar refractivity (Wildman–Crippen MR) is 209 cm³/mol. The van der Waals surface area contributed by atoms with Crippen LogP contribution in [0.3, 0.4) is 0 Å². The van der Waals surface area contributed by atoms with Crippen molar-refractivity contribution in [3.63, 3.8) is 0 Å². The van der Waals surface area contributed by atoms with Gasteiger partial charge in [0.15, 0.2) is 0 Å². The molecule has 0 unspecified atom stereocenters. The number of benzene rings is 5. The first-order valence-electron chi connectivity index (χ1n) is 18.2. The predicted octanol–water partition coefficient (Wildman–Crippen LogP) is 10.1. The lowest BCUT2D eigenvalue weighted by Crippen LogP contribution is -2.44. The van der Waals surface area contributed by atoms with E-state index in [2.05, 4.69) is 197 Å². The minimum absolute atomic E-state index is 0.0341. The highest BCUT2D eigenvalue weighted by Crippen LogP contribution is 2.38. The molecule has 5 aromatic carbocycles. The average molecular weight is 666 g/mol. The monoisotopic (exact) mass is 665 g/mol. The zero-order valence-corrected chi connectivity index (χ0v) is 31.1. The molecule has 0 bridgehead atoms. The maximum absolute atomic E-state index is 15.3. The topological polar surface area (TPSA) is 26.8 Å². The van der Waals surface area contributed by atoms with E-state index in [1.165, 1.54) is 27.8 Å². The molecule has 0 aliphatic heterocycles. The Balaban J connectivity index is 1.74. The summed E-state index contributed by atoms with van der Waals surface area (Å²) in [7, 11) is 4.42. The van der Waals surface area contributed by atoms with Crippen LogP contribution in [0, 0.1) is 6.92 Å². The van der Waals surface area contributed by atoms with Crippen LogP contribution in [0.2, 0.25) is 0 Å². The van der Waals surface area contributed by atoms with Crippen molar-refractivity contribution in [2.75, 3.05) is 14.1 Å². The van der Waals surface area contributed by atoms with Gasteiger partial charge >= 0.3 is 0 Å². The van der Waals surface area contributed by atoms with Gasteiger partial charge in [-0.05, 0) is 94.9 Å². The molecule has 4 heteroatoms. The third-order valence-electron chi connectivity index (χ3n) is 9.78. The summed E-state index contributed by atoms with van der Waals surface area (Å²) in [5, 5.41) is 0. The highest BCUT2D eigenvalue weighted by Gasteiger charge is 2.34. The second kappa shape index (κ2) is 17.4. The normalized spacial score (nSPS) is 12.9. The Bertz CT molecular complexity index is 1650. The Hall–Kier alpha value is -4.51. The van der Waals surface area contributed by atoms with Gasteiger partial charge in [0.2, 0.25) is 0 Å². The Morgan fingerprint density at radius 2 is 0.840 bits per heavy atom. The van der Waals surface area contributed by atoms with E-state index in [0.717, 1.165) is 42.6 Å². The van der Waals surface area contributed by atoms with Gasteiger partial charge in [-0.3, -0.25) is 14.6 Å². The highest BCUT2D eigenvalue weighted by atomic mass is 16.2. The van der Waals surface area contributed by atoms with Crippen molar-refractivity contribution in [2.45, 2.75) is 84.7 Å². The van der Waals surface area contributed by atoms with Crippen LogP contribution >= 0.6 is 0 Å². The Morgan fingerprint density at radius 1 is 0.520 bits per heavy atom. The number of aryl methyl sites for hydroxylation is 1. The van der Waals surface area contributed by atoms with Gasteiger partial charge in [0.05, 0.1) is 0 Å². The summed E-state index contributed by atoms with van der Waals surface area (Å²) in [6, 6.07) is 47.4. The van der Waals surface area contributed by atoms with E-state index in [0.29, 0.717) is 0 Å². The number of likely N-dealkylation sites (N-methyl/N-ethyl adjacent to an activating group) is 2. The van der Waals surface area contributed by atoms with Crippen molar-refractivity contribution in [1.82, 2.24) is 14.7 Å². The average Bonchev–Trinajstić information content (AvgIpc) is 3.10. The maximum atomic E-state index is 15.3. The summed E-state index contributed by atoms with van der Waals surface area (Å²) in [5.41, 5.74) is 9.24. The number of hydrogen-bond acceptors (Lipinski definition) is 3. The first kappa shape index (κ1) is 36.8. The standard InChI is InChI=1S/C46H55N3O/c1-34(2)49(35(3)4)46(50)45-41(43(30-37-20-12-8-13-21-37)47(6)32-39-24-16-10-17-25-39)28-36(5)29-42(45)44(31-38-22-14-9-15-23-38)48(7)33-40-26-18-11-19-27-40/h8-29,34-35,43-44H,30-33H2,1-7H3/t43-,44+. The van der Waals surface area contributed by atoms with Crippen molar-refractivity contribution >= 4 is 5.91 Å². The number of carbonyl (C=O) groups excluding carboxylic acids is 1. The van der Waals surface area contributed by atoms with Crippen molar-refractivity contribution in [2.24, 2.45) is 0 Å². The van der Waals surface area contributed by atoms with Gasteiger partial charge in [-0.2, -0.15) is 0 Å². The van der Waals surface area contributed by atoms with Gasteiger partial charge in [0, 0.05) is 42.8 Å². The van der Waals surface area contributed by atoms with Crippen LogP contribution in [0.15, 0.2) is 133 Å². The zero-order chi connectivity index (χ0) is 35.6. The SMILES string of the molecule is Cc1cc([C@@H](Cc2ccccc2)N(C)Cc2ccccc2)c(C(=O)N(C(C)C)C(C)C)c([C@H](Cc2ccccc2)N(C)Cc2ccccc2)c1. The summed E-state index contributed by atoms with van der Waals surface area (Å²) in [4.78, 5) is 22.3. The van der Waals surface area contributed by atoms with Crippen molar-refractivity contribution in [3.8, 4) is 0 Å². The summed E-state index contributed by atoms with van der Waals surface area (Å²) in [6.45, 7) is 12.3. The smallest absolute Gasteiger partial charge is 0.254 e. The molecule has 4 nitrogen and oxygen atoms in total. The highest BCUT2D eigenvalue weighted by molar-refractivity contribution is 5.98. The molecule has 260 valence electrons. The fourth-order valence-electron chi connectivity index (χ4n) is 7.45. The van der Waals surface area contributed by atoms with Crippen LogP contribution in [0.5, 0.6) is 0 Å². The molecule has 5 aromatic rings. The van der Waals surface area contributed by atoms with Gasteiger partial charge in [0.1, 0.15) is 0 Å². The lowest BCUT2D eigenvalue weighted by atomic mass is 9.84. The zero-order valence-electron chi connectivity index (χ0n) is 31.1. The minimum Gasteiger partial charge on any atom is -0.334 e. The minimum atomic E-state index is -0.0341. The van der Waals surface area contributed by atoms with E-state index in [9.17, 15) is 0 Å². The Kier molecular flexibility index (Phi) is 12.8. The van der Waals surface area contributed by atoms with Gasteiger partial charge in [-0.15, -0.1) is 0 Å². The molecule has 0 fully saturated rings. The van der Waals surface area contributed by atoms with Crippen molar-refractivity contribution in [3.05, 3.63) is 178 Å². The van der Waals surface area contributed by atoms with Crippen LogP contribution < -0.4 is 0 Å². The van der Waals surface area contributed by atoms with E-state index in [4.69, 9.17) is 0 Å². The van der Waals surface area contributed by atoms with E-state index >= 15 is 4.79 Å². The van der Waals surface area contributed by atoms with E-state index in [-0.39, 0.29) is 30.1 Å². The third-order valence-corrected chi connectivity index (χ3v) is 9.78. The molecule has 0 saturated carbocycles. The summed E-state index contributed by atoms with van der Waals surface area (Å²) >= 11 is 0. The molecule has 0 heterocycles. The fourth-order valence-corrected chi connectivity index (χ4v) is 7.45. The quantitative estimate of drug-likeness (QED) is 0.111. The van der Waals surface area contributed by atoms with Crippen molar-refractivity contribution < 1.29 is 4.79 Å². The Morgan fingerprint density at radius 3 is 1.16 bits per heavy atom. The molecule has 1 amide bonds. The Labute approximate surface area is 301 Å². The lowest BCUT2D eigenvalue weighted by molar-refractivity contribution is 0.0635. The van der Waals surface area contributed by atoms with Crippen molar-refractivity contribution in [1.29, 1.82) is 0 Å². The van der Waals surface area contributed by atoms with Gasteiger partial charge in [-0.1, -0.05) is 139 Å². The first-order valence-corrected chi connectivity index (χ1v) is 18.2. The third kappa shape index (κ3) is 9.38. The van der Waals surface area contributed by atoms with Gasteiger partial charge in [-0.25, -0.2) is 0 Å². The summed E-state index contributed by atoms with van der Waals surface area (Å²) in [5.74, 6) is 0.109. The van der Waals surface area contributed by atoms with Gasteiger partial charge in [0.25, 0.3) is 5.91 Å². The molecule has 0 spiro atoms. The summed E-state index contributed by atoms with van der Waals surface area (Å²) < 4.78 is 0. The largest absolute Gasteiger partial charge is 0.334 e. The molecular formula is C46H55N3O. The van der Waals surface area contributed by atoms with E-state index in [1.807, 2.05) is 0 Å². The number of amides is 1. The van der Waals surface area contributed by atoms with Crippen LogP contribution in [-0.4, -0.2) is 46.8 Å². The van der Waals surface area contributed by atoms with Gasteiger partial charge < -0.3 is 4.90 Å². The summed E-state index contributed by atoms with van der Waals surface area (Å²) in [6.07, 6.45) is 1.58. The second-order valence-electron chi connectivity index (χ2n) is 14.4. The molecule has 50 heavy (non-hydrogen) atoms. The molecule has 0 saturated heterocycles. The lowest BCUT2D eigenvalue weighted by Gasteiger charge is -2.38. The molecule has 0 aliphatic carbocycles.